The molecule has 0 aromatic rings. The van der Waals surface area contributed by atoms with Crippen molar-refractivity contribution in [2.45, 2.75) is 30.5 Å². The van der Waals surface area contributed by atoms with Crippen LogP contribution in [0.1, 0.15) is 20.8 Å². The quantitative estimate of drug-likeness (QED) is 0.591. The fourth-order valence-electron chi connectivity index (χ4n) is 0. The summed E-state index contributed by atoms with van der Waals surface area (Å²) in [5.41, 5.74) is 0. The lowest BCUT2D eigenvalue weighted by atomic mass is 10.6. The molecule has 0 amide bonds. The third-order valence-corrected chi connectivity index (χ3v) is 0.988. The summed E-state index contributed by atoms with van der Waals surface area (Å²) < 4.78 is -0.556. The van der Waals surface area contributed by atoms with Gasteiger partial charge in [0.2, 0.25) is 0 Å². The van der Waals surface area contributed by atoms with E-state index in [2.05, 4.69) is 0 Å². The first-order chi connectivity index (χ1) is 4.27. The summed E-state index contributed by atoms with van der Waals surface area (Å²) in [7, 11) is 0. The molecule has 0 N–H and O–H groups in total. The van der Waals surface area contributed by atoms with Crippen molar-refractivity contribution in [2.75, 3.05) is 5.88 Å². The van der Waals surface area contributed by atoms with Gasteiger partial charge in [-0.15, -0.1) is 46.4 Å². The van der Waals surface area contributed by atoms with Crippen LogP contribution in [0.4, 0.5) is 0 Å². The normalized spacial score (nSPS) is 13.5. The standard InChI is InChI=1S/2C3H6Cl2/c1-3(2,4)5;1-3(5)2-4/h1-2H3;3H,2H2,1H3. The molecule has 0 aliphatic carbocycles. The van der Waals surface area contributed by atoms with Crippen LogP contribution in [0.5, 0.6) is 0 Å². The zero-order valence-corrected chi connectivity index (χ0v) is 9.32. The van der Waals surface area contributed by atoms with E-state index in [0.717, 1.165) is 0 Å². The van der Waals surface area contributed by atoms with Gasteiger partial charge in [0.25, 0.3) is 0 Å². The van der Waals surface area contributed by atoms with Crippen LogP contribution in [0.25, 0.3) is 0 Å². The molecule has 0 heterocycles. The molecule has 0 saturated heterocycles. The summed E-state index contributed by atoms with van der Waals surface area (Å²) in [6.07, 6.45) is 0. The Hall–Kier alpha value is 1.16. The van der Waals surface area contributed by atoms with Gasteiger partial charge in [-0.25, -0.2) is 0 Å². The van der Waals surface area contributed by atoms with Crippen molar-refractivity contribution in [1.29, 1.82) is 0 Å². The van der Waals surface area contributed by atoms with Crippen LogP contribution in [0.15, 0.2) is 0 Å². The molecule has 0 aliphatic heterocycles. The summed E-state index contributed by atoms with van der Waals surface area (Å²) in [6.45, 7) is 5.29. The van der Waals surface area contributed by atoms with E-state index in [9.17, 15) is 0 Å². The zero-order chi connectivity index (χ0) is 8.78. The average Bonchev–Trinajstić information content (AvgIpc) is 1.61. The molecule has 0 fully saturated rings. The van der Waals surface area contributed by atoms with E-state index in [1.54, 1.807) is 13.8 Å². The third-order valence-electron chi connectivity index (χ3n) is 0.213. The van der Waals surface area contributed by atoms with Crippen molar-refractivity contribution in [1.82, 2.24) is 0 Å². The molecule has 1 unspecified atom stereocenters. The highest BCUT2D eigenvalue weighted by Crippen LogP contribution is 2.16. The lowest BCUT2D eigenvalue weighted by molar-refractivity contribution is 0.995. The minimum absolute atomic E-state index is 0.122. The minimum Gasteiger partial charge on any atom is -0.125 e. The minimum atomic E-state index is -0.556. The van der Waals surface area contributed by atoms with Gasteiger partial charge in [-0.3, -0.25) is 0 Å². The SMILES string of the molecule is CC(C)(Cl)Cl.CC(Cl)CCl. The van der Waals surface area contributed by atoms with E-state index >= 15 is 0 Å². The Morgan fingerprint density at radius 3 is 1.40 bits per heavy atom. The molecule has 0 aromatic heterocycles. The number of alkyl halides is 4. The molecule has 0 aromatic carbocycles. The van der Waals surface area contributed by atoms with Gasteiger partial charge in [-0.1, -0.05) is 0 Å². The Kier molecular flexibility index (Phi) is 9.40. The second-order valence-corrected chi connectivity index (χ2v) is 5.40. The van der Waals surface area contributed by atoms with Crippen molar-refractivity contribution >= 4 is 46.4 Å². The van der Waals surface area contributed by atoms with Gasteiger partial charge in [-0.05, 0) is 20.8 Å². The van der Waals surface area contributed by atoms with Gasteiger partial charge in [-0.2, -0.15) is 0 Å². The monoisotopic (exact) mass is 224 g/mol. The Balaban J connectivity index is 0. The van der Waals surface area contributed by atoms with E-state index in [1.165, 1.54) is 0 Å². The molecule has 4 heteroatoms. The molecule has 0 bridgehead atoms. The highest BCUT2D eigenvalue weighted by molar-refractivity contribution is 6.47. The summed E-state index contributed by atoms with van der Waals surface area (Å²) in [4.78, 5) is 0. The van der Waals surface area contributed by atoms with E-state index < -0.39 is 4.33 Å². The molecule has 0 aliphatic rings. The summed E-state index contributed by atoms with van der Waals surface area (Å²) >= 11 is 21.1. The number of halogens is 4. The Bertz CT molecular complexity index is 58.6. The number of hydrogen-bond acceptors (Lipinski definition) is 0. The first-order valence-electron chi connectivity index (χ1n) is 2.85. The van der Waals surface area contributed by atoms with Crippen LogP contribution in [0.2, 0.25) is 0 Å². The molecule has 0 spiro atoms. The van der Waals surface area contributed by atoms with Crippen molar-refractivity contribution in [3.63, 3.8) is 0 Å². The van der Waals surface area contributed by atoms with Gasteiger partial charge >= 0.3 is 0 Å². The fourth-order valence-corrected chi connectivity index (χ4v) is 0. The smallest absolute Gasteiger partial charge is 0.112 e. The lowest BCUT2D eigenvalue weighted by Crippen LogP contribution is -1.93. The molecule has 1 atom stereocenters. The van der Waals surface area contributed by atoms with Gasteiger partial charge in [0.05, 0.1) is 0 Å². The Morgan fingerprint density at radius 2 is 1.40 bits per heavy atom. The summed E-state index contributed by atoms with van der Waals surface area (Å²) in [5, 5.41) is 0.122. The van der Waals surface area contributed by atoms with Crippen LogP contribution in [-0.4, -0.2) is 15.6 Å². The average molecular weight is 226 g/mol. The van der Waals surface area contributed by atoms with Crippen molar-refractivity contribution in [3.8, 4) is 0 Å². The van der Waals surface area contributed by atoms with Crippen LogP contribution < -0.4 is 0 Å². The van der Waals surface area contributed by atoms with Crippen molar-refractivity contribution in [3.05, 3.63) is 0 Å². The summed E-state index contributed by atoms with van der Waals surface area (Å²) in [5.74, 6) is 0.543. The largest absolute Gasteiger partial charge is 0.125 e. The predicted octanol–water partition coefficient (Wildman–Crippen LogP) is 4.05. The van der Waals surface area contributed by atoms with E-state index in [1.807, 2.05) is 6.92 Å². The lowest BCUT2D eigenvalue weighted by Gasteiger charge is -1.98. The maximum Gasteiger partial charge on any atom is 0.112 e. The molecule has 0 radical (unpaired) electrons. The van der Waals surface area contributed by atoms with Gasteiger partial charge in [0.15, 0.2) is 0 Å². The van der Waals surface area contributed by atoms with Crippen LogP contribution >= 0.6 is 46.4 Å². The number of rotatable bonds is 1. The van der Waals surface area contributed by atoms with E-state index in [-0.39, 0.29) is 5.38 Å². The van der Waals surface area contributed by atoms with Crippen molar-refractivity contribution in [2.24, 2.45) is 0 Å². The molecule has 10 heavy (non-hydrogen) atoms. The van der Waals surface area contributed by atoms with Gasteiger partial charge in [0.1, 0.15) is 4.33 Å². The van der Waals surface area contributed by atoms with Crippen LogP contribution in [0, 0.1) is 0 Å². The molecular weight excluding hydrogens is 214 g/mol. The van der Waals surface area contributed by atoms with Gasteiger partial charge in [0, 0.05) is 11.3 Å². The zero-order valence-electron chi connectivity index (χ0n) is 6.30. The molecular formula is C6H12Cl4. The highest BCUT2D eigenvalue weighted by atomic mass is 35.5. The van der Waals surface area contributed by atoms with E-state index in [0.29, 0.717) is 5.88 Å². The van der Waals surface area contributed by atoms with Gasteiger partial charge < -0.3 is 0 Å². The topological polar surface area (TPSA) is 0 Å². The summed E-state index contributed by atoms with van der Waals surface area (Å²) in [6, 6.07) is 0. The number of hydrogen-bond donors (Lipinski definition) is 0. The Labute approximate surface area is 82.8 Å². The van der Waals surface area contributed by atoms with Crippen LogP contribution in [-0.2, 0) is 0 Å². The first kappa shape index (κ1) is 13.7. The van der Waals surface area contributed by atoms with Crippen LogP contribution in [0.3, 0.4) is 0 Å². The molecule has 0 rings (SSSR count). The second-order valence-electron chi connectivity index (χ2n) is 2.26. The maximum absolute atomic E-state index is 5.33. The van der Waals surface area contributed by atoms with E-state index in [4.69, 9.17) is 46.4 Å². The fraction of sp³-hybridized carbons (Fsp3) is 1.00. The Morgan fingerprint density at radius 1 is 1.30 bits per heavy atom. The van der Waals surface area contributed by atoms with Crippen molar-refractivity contribution < 1.29 is 0 Å². The highest BCUT2D eigenvalue weighted by Gasteiger charge is 2.03. The molecule has 0 saturated carbocycles. The third kappa shape index (κ3) is 61.1. The predicted molar refractivity (Wildman–Crippen MR) is 51.8 cm³/mol. The first-order valence-corrected chi connectivity index (χ1v) is 4.58. The second kappa shape index (κ2) is 6.84. The molecule has 0 nitrogen and oxygen atoms in total. The molecule has 64 valence electrons. The maximum atomic E-state index is 5.33.